The van der Waals surface area contributed by atoms with Crippen molar-refractivity contribution in [1.82, 2.24) is 0 Å². The SMILES string of the molecule is COC(=O)C1OC2=CC(O)=CCC2C(=O)C1(C(=O)OC)c1ccc(O)cc1. The number of rotatable bonds is 3. The highest BCUT2D eigenvalue weighted by molar-refractivity contribution is 6.16. The van der Waals surface area contributed by atoms with Gasteiger partial charge in [-0.25, -0.2) is 4.79 Å². The molecule has 8 heteroatoms. The number of hydrogen-bond acceptors (Lipinski definition) is 8. The molecule has 0 amide bonds. The van der Waals surface area contributed by atoms with Gasteiger partial charge in [-0.3, -0.25) is 9.59 Å². The number of carbonyl (C=O) groups excluding carboxylic acids is 3. The Morgan fingerprint density at radius 3 is 2.41 bits per heavy atom. The van der Waals surface area contributed by atoms with E-state index in [1.807, 2.05) is 0 Å². The van der Waals surface area contributed by atoms with Crippen LogP contribution in [0.15, 0.2) is 47.9 Å². The lowest BCUT2D eigenvalue weighted by molar-refractivity contribution is -0.178. The molecular weight excluding hydrogens is 356 g/mol. The first-order valence-electron chi connectivity index (χ1n) is 8.13. The van der Waals surface area contributed by atoms with Crippen molar-refractivity contribution in [3.05, 3.63) is 53.5 Å². The van der Waals surface area contributed by atoms with E-state index in [1.54, 1.807) is 0 Å². The molecule has 1 aromatic carbocycles. The Bertz CT molecular complexity index is 851. The molecule has 1 saturated heterocycles. The number of methoxy groups -OCH3 is 2. The zero-order valence-electron chi connectivity index (χ0n) is 14.7. The highest BCUT2D eigenvalue weighted by atomic mass is 16.6. The van der Waals surface area contributed by atoms with Gasteiger partial charge in [0, 0.05) is 6.08 Å². The molecule has 0 spiro atoms. The topological polar surface area (TPSA) is 119 Å². The number of allylic oxidation sites excluding steroid dienone is 3. The zero-order chi connectivity index (χ0) is 19.8. The van der Waals surface area contributed by atoms with E-state index in [9.17, 15) is 24.6 Å². The predicted molar refractivity (Wildman–Crippen MR) is 90.6 cm³/mol. The van der Waals surface area contributed by atoms with Crippen LogP contribution in [0.25, 0.3) is 0 Å². The van der Waals surface area contributed by atoms with Gasteiger partial charge in [-0.2, -0.15) is 0 Å². The summed E-state index contributed by atoms with van der Waals surface area (Å²) in [5, 5.41) is 19.3. The summed E-state index contributed by atoms with van der Waals surface area (Å²) in [5.41, 5.74) is -1.98. The molecule has 2 aliphatic rings. The average Bonchev–Trinajstić information content (AvgIpc) is 2.67. The fourth-order valence-electron chi connectivity index (χ4n) is 3.48. The molecule has 1 aromatic rings. The first-order valence-corrected chi connectivity index (χ1v) is 8.13. The molecule has 1 heterocycles. The van der Waals surface area contributed by atoms with Crippen LogP contribution in [-0.2, 0) is 34.0 Å². The average molecular weight is 374 g/mol. The van der Waals surface area contributed by atoms with Gasteiger partial charge in [0.15, 0.2) is 11.2 Å². The highest BCUT2D eigenvalue weighted by Crippen LogP contribution is 2.45. The molecule has 0 radical (unpaired) electrons. The van der Waals surface area contributed by atoms with Crippen molar-refractivity contribution < 1.29 is 38.8 Å². The largest absolute Gasteiger partial charge is 0.508 e. The van der Waals surface area contributed by atoms with Crippen molar-refractivity contribution in [2.75, 3.05) is 14.2 Å². The summed E-state index contributed by atoms with van der Waals surface area (Å²) in [6.07, 6.45) is 1.11. The molecule has 2 N–H and O–H groups in total. The Labute approximate surface area is 154 Å². The van der Waals surface area contributed by atoms with Crippen LogP contribution < -0.4 is 0 Å². The van der Waals surface area contributed by atoms with E-state index >= 15 is 0 Å². The van der Waals surface area contributed by atoms with E-state index in [0.29, 0.717) is 0 Å². The van der Waals surface area contributed by atoms with Crippen LogP contribution in [0.5, 0.6) is 5.75 Å². The van der Waals surface area contributed by atoms with Crippen LogP contribution in [-0.4, -0.2) is 48.3 Å². The van der Waals surface area contributed by atoms with Gasteiger partial charge < -0.3 is 24.4 Å². The molecule has 3 rings (SSSR count). The van der Waals surface area contributed by atoms with Crippen molar-refractivity contribution in [3.63, 3.8) is 0 Å². The normalized spacial score (nSPS) is 26.8. The number of aromatic hydroxyl groups is 1. The number of fused-ring (bicyclic) bond motifs is 1. The van der Waals surface area contributed by atoms with Crippen LogP contribution >= 0.6 is 0 Å². The van der Waals surface area contributed by atoms with Crippen molar-refractivity contribution in [1.29, 1.82) is 0 Å². The molecule has 3 unspecified atom stereocenters. The molecule has 27 heavy (non-hydrogen) atoms. The van der Waals surface area contributed by atoms with Crippen molar-refractivity contribution >= 4 is 17.7 Å². The lowest BCUT2D eigenvalue weighted by atomic mass is 9.65. The summed E-state index contributed by atoms with van der Waals surface area (Å²) < 4.78 is 15.4. The number of ether oxygens (including phenoxy) is 3. The van der Waals surface area contributed by atoms with Crippen molar-refractivity contribution in [2.45, 2.75) is 17.9 Å². The number of phenolic OH excluding ortho intramolecular Hbond substituents is 1. The maximum absolute atomic E-state index is 13.5. The van der Waals surface area contributed by atoms with Crippen LogP contribution in [0, 0.1) is 5.92 Å². The summed E-state index contributed by atoms with van der Waals surface area (Å²) in [7, 11) is 2.21. The Kier molecular flexibility index (Phi) is 4.65. The number of Topliss-reactive ketones (excluding diaryl/α,β-unsaturated/α-hetero) is 1. The third-order valence-corrected chi connectivity index (χ3v) is 4.79. The third kappa shape index (κ3) is 2.73. The lowest BCUT2D eigenvalue weighted by Gasteiger charge is -2.43. The Hall–Kier alpha value is -3.29. The summed E-state index contributed by atoms with van der Waals surface area (Å²) in [5.74, 6) is -3.53. The number of carbonyl (C=O) groups is 3. The van der Waals surface area contributed by atoms with Gasteiger partial charge >= 0.3 is 11.9 Å². The summed E-state index contributed by atoms with van der Waals surface area (Å²) in [6, 6.07) is 5.29. The second-order valence-electron chi connectivity index (χ2n) is 6.20. The molecule has 0 bridgehead atoms. The van der Waals surface area contributed by atoms with Gasteiger partial charge in [0.05, 0.1) is 20.1 Å². The second-order valence-corrected chi connectivity index (χ2v) is 6.20. The number of aliphatic hydroxyl groups excluding tert-OH is 1. The fourth-order valence-corrected chi connectivity index (χ4v) is 3.48. The molecule has 142 valence electrons. The molecule has 1 aliphatic carbocycles. The van der Waals surface area contributed by atoms with E-state index in [1.165, 1.54) is 36.4 Å². The van der Waals surface area contributed by atoms with Gasteiger partial charge in [-0.05, 0) is 30.2 Å². The second kappa shape index (κ2) is 6.79. The standard InChI is InChI=1S/C19H18O8/c1-25-17(23)16-19(18(24)26-2,10-3-5-11(20)6-4-10)15(22)13-8-7-12(21)9-14(13)27-16/h3-7,9,13,16,20-21H,8H2,1-2H3. The first kappa shape index (κ1) is 18.5. The van der Waals surface area contributed by atoms with E-state index in [0.717, 1.165) is 14.2 Å². The minimum absolute atomic E-state index is 0.0775. The number of ketones is 1. The van der Waals surface area contributed by atoms with Crippen LogP contribution in [0.4, 0.5) is 0 Å². The molecule has 1 fully saturated rings. The van der Waals surface area contributed by atoms with Crippen molar-refractivity contribution in [3.8, 4) is 5.75 Å². The lowest BCUT2D eigenvalue weighted by Crippen LogP contribution is -2.63. The van der Waals surface area contributed by atoms with Gasteiger partial charge in [-0.15, -0.1) is 0 Å². The monoisotopic (exact) mass is 374 g/mol. The third-order valence-electron chi connectivity index (χ3n) is 4.79. The number of benzene rings is 1. The number of esters is 2. The summed E-state index contributed by atoms with van der Waals surface area (Å²) >= 11 is 0. The Balaban J connectivity index is 2.26. The number of phenols is 1. The van der Waals surface area contributed by atoms with E-state index in [4.69, 9.17) is 14.2 Å². The maximum atomic E-state index is 13.5. The molecule has 8 nitrogen and oxygen atoms in total. The van der Waals surface area contributed by atoms with Gasteiger partial charge in [0.2, 0.25) is 6.10 Å². The van der Waals surface area contributed by atoms with Crippen LogP contribution in [0.3, 0.4) is 0 Å². The molecule has 0 aromatic heterocycles. The fraction of sp³-hybridized carbons (Fsp3) is 0.316. The quantitative estimate of drug-likeness (QED) is 0.600. The summed E-state index contributed by atoms with van der Waals surface area (Å²) in [4.78, 5) is 38.9. The Morgan fingerprint density at radius 1 is 1.15 bits per heavy atom. The number of hydrogen-bond donors (Lipinski definition) is 2. The molecular formula is C19H18O8. The minimum Gasteiger partial charge on any atom is -0.508 e. The first-order chi connectivity index (χ1) is 12.9. The molecule has 0 saturated carbocycles. The molecule has 3 atom stereocenters. The Morgan fingerprint density at radius 2 is 1.81 bits per heavy atom. The van der Waals surface area contributed by atoms with Crippen LogP contribution in [0.2, 0.25) is 0 Å². The molecule has 1 aliphatic heterocycles. The van der Waals surface area contributed by atoms with E-state index < -0.39 is 35.2 Å². The van der Waals surface area contributed by atoms with Crippen molar-refractivity contribution in [2.24, 2.45) is 5.92 Å². The van der Waals surface area contributed by atoms with Gasteiger partial charge in [0.25, 0.3) is 0 Å². The smallest absolute Gasteiger partial charge is 0.349 e. The van der Waals surface area contributed by atoms with E-state index in [2.05, 4.69) is 0 Å². The predicted octanol–water partition coefficient (Wildman–Crippen LogP) is 1.29. The maximum Gasteiger partial charge on any atom is 0.349 e. The van der Waals surface area contributed by atoms with Gasteiger partial charge in [-0.1, -0.05) is 12.1 Å². The van der Waals surface area contributed by atoms with Gasteiger partial charge in [0.1, 0.15) is 17.3 Å². The summed E-state index contributed by atoms with van der Waals surface area (Å²) in [6.45, 7) is 0. The zero-order valence-corrected chi connectivity index (χ0v) is 14.7. The van der Waals surface area contributed by atoms with E-state index in [-0.39, 0.29) is 29.3 Å². The minimum atomic E-state index is -2.11. The highest BCUT2D eigenvalue weighted by Gasteiger charge is 2.64. The van der Waals surface area contributed by atoms with Crippen LogP contribution in [0.1, 0.15) is 12.0 Å². The number of aliphatic hydroxyl groups is 1.